The molecule has 1 saturated heterocycles. The van der Waals surface area contributed by atoms with Gasteiger partial charge in [0.05, 0.1) is 6.04 Å². The van der Waals surface area contributed by atoms with Crippen LogP contribution in [0.5, 0.6) is 6.01 Å². The zero-order valence-corrected chi connectivity index (χ0v) is 20.7. The van der Waals surface area contributed by atoms with Gasteiger partial charge >= 0.3 is 6.01 Å². The van der Waals surface area contributed by atoms with Crippen molar-refractivity contribution in [2.75, 3.05) is 26.2 Å². The van der Waals surface area contributed by atoms with Crippen molar-refractivity contribution in [2.45, 2.75) is 70.8 Å². The Morgan fingerprint density at radius 3 is 2.62 bits per heavy atom. The number of ether oxygens (including phenoxy) is 1. The van der Waals surface area contributed by atoms with Gasteiger partial charge in [-0.1, -0.05) is 31.5 Å². The molecule has 1 fully saturated rings. The predicted octanol–water partition coefficient (Wildman–Crippen LogP) is 4.91. The Balaban J connectivity index is 1.41. The monoisotopic (exact) mass is 465 g/mol. The number of benzene rings is 1. The van der Waals surface area contributed by atoms with Gasteiger partial charge in [-0.3, -0.25) is 9.80 Å². The average Bonchev–Trinajstić information content (AvgIpc) is 3.13. The number of nitrogens with zero attached hydrogens (tertiary/aromatic N) is 4. The number of likely N-dealkylation sites (tertiary alicyclic amines) is 1. The first-order valence-electron chi connectivity index (χ1n) is 12.6. The highest BCUT2D eigenvalue weighted by molar-refractivity contribution is 5.85. The third-order valence-corrected chi connectivity index (χ3v) is 7.06. The highest BCUT2D eigenvalue weighted by atomic mass is 19.1. The predicted molar refractivity (Wildman–Crippen MR) is 133 cm³/mol. The Morgan fingerprint density at radius 1 is 1.18 bits per heavy atom. The van der Waals surface area contributed by atoms with Crippen molar-refractivity contribution in [3.63, 3.8) is 0 Å². The van der Waals surface area contributed by atoms with Crippen molar-refractivity contribution in [3.05, 3.63) is 53.5 Å². The molecule has 2 aromatic heterocycles. The standard InChI is InChI=1S/C27H36FN5O/c1-5-6-11-32-15-20(16-32)34-26-29-13-19(14-30-26)25-24-22(21-9-7-8-10-23(21)31-24)12-18(2)33(25)17-27(3,4)28/h7-10,13-14,18,20,25,31H,5-6,11-12,15-17H2,1-4H3/t18-,25-/m1/s1. The smallest absolute Gasteiger partial charge is 0.316 e. The Morgan fingerprint density at radius 2 is 1.91 bits per heavy atom. The maximum atomic E-state index is 14.9. The van der Waals surface area contributed by atoms with Crippen molar-refractivity contribution in [2.24, 2.45) is 0 Å². The van der Waals surface area contributed by atoms with Crippen molar-refractivity contribution in [1.82, 2.24) is 24.8 Å². The van der Waals surface area contributed by atoms with Gasteiger partial charge in [0.1, 0.15) is 11.8 Å². The van der Waals surface area contributed by atoms with Crippen molar-refractivity contribution >= 4 is 10.9 Å². The Bertz CT molecular complexity index is 1120. The highest BCUT2D eigenvalue weighted by Crippen LogP contribution is 2.41. The number of aromatic amines is 1. The average molecular weight is 466 g/mol. The summed E-state index contributed by atoms with van der Waals surface area (Å²) in [6.07, 6.45) is 7.17. The minimum atomic E-state index is -1.31. The minimum Gasteiger partial charge on any atom is -0.457 e. The van der Waals surface area contributed by atoms with Crippen LogP contribution in [0.1, 0.15) is 63.4 Å². The molecular formula is C27H36FN5O. The van der Waals surface area contributed by atoms with E-state index in [9.17, 15) is 4.39 Å². The van der Waals surface area contributed by atoms with E-state index in [-0.39, 0.29) is 18.2 Å². The summed E-state index contributed by atoms with van der Waals surface area (Å²) in [5.41, 5.74) is 3.18. The number of unbranched alkanes of at least 4 members (excludes halogenated alkanes) is 1. The summed E-state index contributed by atoms with van der Waals surface area (Å²) >= 11 is 0. The SMILES string of the molecule is CCCCN1CC(Oc2ncc([C@@H]3c4[nH]c5ccccc5c4C[C@@H](C)N3CC(C)(C)F)cn2)C1. The summed E-state index contributed by atoms with van der Waals surface area (Å²) < 4.78 is 20.9. The molecule has 0 amide bonds. The summed E-state index contributed by atoms with van der Waals surface area (Å²) in [6, 6.07) is 8.86. The van der Waals surface area contributed by atoms with Crippen LogP contribution in [-0.4, -0.2) is 68.7 Å². The van der Waals surface area contributed by atoms with Gasteiger partial charge in [-0.25, -0.2) is 14.4 Å². The van der Waals surface area contributed by atoms with Crippen LogP contribution in [0.2, 0.25) is 0 Å². The van der Waals surface area contributed by atoms with Gasteiger partial charge in [0.2, 0.25) is 0 Å². The van der Waals surface area contributed by atoms with Crippen LogP contribution < -0.4 is 4.74 Å². The maximum Gasteiger partial charge on any atom is 0.316 e. The first-order valence-corrected chi connectivity index (χ1v) is 12.6. The number of rotatable bonds is 8. The zero-order chi connectivity index (χ0) is 23.9. The van der Waals surface area contributed by atoms with E-state index in [0.29, 0.717) is 12.6 Å². The van der Waals surface area contributed by atoms with Gasteiger partial charge in [0.25, 0.3) is 0 Å². The van der Waals surface area contributed by atoms with E-state index >= 15 is 0 Å². The van der Waals surface area contributed by atoms with Crippen LogP contribution in [0.15, 0.2) is 36.7 Å². The molecular weight excluding hydrogens is 429 g/mol. The molecule has 3 aromatic rings. The summed E-state index contributed by atoms with van der Waals surface area (Å²) in [6.45, 7) is 11.0. The van der Waals surface area contributed by atoms with E-state index in [1.165, 1.54) is 23.8 Å². The summed E-state index contributed by atoms with van der Waals surface area (Å²) in [4.78, 5) is 17.4. The third kappa shape index (κ3) is 4.68. The molecule has 34 heavy (non-hydrogen) atoms. The largest absolute Gasteiger partial charge is 0.457 e. The van der Waals surface area contributed by atoms with E-state index in [4.69, 9.17) is 4.74 Å². The number of hydrogen-bond donors (Lipinski definition) is 1. The normalized spacial score (nSPS) is 22.0. The number of para-hydroxylation sites is 1. The van der Waals surface area contributed by atoms with E-state index in [0.717, 1.165) is 42.8 Å². The van der Waals surface area contributed by atoms with E-state index in [1.54, 1.807) is 13.8 Å². The van der Waals surface area contributed by atoms with Crippen molar-refractivity contribution in [3.8, 4) is 6.01 Å². The number of fused-ring (bicyclic) bond motifs is 3. The second kappa shape index (κ2) is 9.27. The Labute approximate surface area is 201 Å². The van der Waals surface area contributed by atoms with Crippen LogP contribution >= 0.6 is 0 Å². The molecule has 2 aliphatic rings. The fourth-order valence-corrected chi connectivity index (χ4v) is 5.39. The van der Waals surface area contributed by atoms with Crippen LogP contribution in [0.3, 0.4) is 0 Å². The molecule has 0 aliphatic carbocycles. The van der Waals surface area contributed by atoms with Crippen LogP contribution in [0.25, 0.3) is 10.9 Å². The summed E-state index contributed by atoms with van der Waals surface area (Å²) in [5, 5.41) is 1.24. The van der Waals surface area contributed by atoms with E-state index < -0.39 is 5.67 Å². The number of nitrogens with one attached hydrogen (secondary N) is 1. The molecule has 182 valence electrons. The Hall–Kier alpha value is -2.51. The van der Waals surface area contributed by atoms with Crippen molar-refractivity contribution in [1.29, 1.82) is 0 Å². The van der Waals surface area contributed by atoms with Crippen LogP contribution in [0, 0.1) is 0 Å². The number of H-pyrrole nitrogens is 1. The van der Waals surface area contributed by atoms with E-state index in [2.05, 4.69) is 56.8 Å². The fraction of sp³-hybridized carbons (Fsp3) is 0.556. The van der Waals surface area contributed by atoms with E-state index in [1.807, 2.05) is 18.5 Å². The Kier molecular flexibility index (Phi) is 6.34. The molecule has 2 aliphatic heterocycles. The lowest BCUT2D eigenvalue weighted by Gasteiger charge is -2.42. The molecule has 0 unspecified atom stereocenters. The van der Waals surface area contributed by atoms with Gasteiger partial charge < -0.3 is 9.72 Å². The molecule has 1 aromatic carbocycles. The molecule has 5 rings (SSSR count). The molecule has 1 N–H and O–H groups in total. The first kappa shape index (κ1) is 23.2. The number of halogens is 1. The highest BCUT2D eigenvalue weighted by Gasteiger charge is 2.39. The molecule has 4 heterocycles. The lowest BCUT2D eigenvalue weighted by atomic mass is 9.88. The third-order valence-electron chi connectivity index (χ3n) is 7.06. The molecule has 6 nitrogen and oxygen atoms in total. The molecule has 2 atom stereocenters. The zero-order valence-electron chi connectivity index (χ0n) is 20.7. The first-order chi connectivity index (χ1) is 16.3. The lowest BCUT2D eigenvalue weighted by molar-refractivity contribution is 0.0133. The van der Waals surface area contributed by atoms with Gasteiger partial charge in [-0.05, 0) is 51.8 Å². The van der Waals surface area contributed by atoms with Crippen LogP contribution in [-0.2, 0) is 6.42 Å². The maximum absolute atomic E-state index is 14.9. The van der Waals surface area contributed by atoms with Gasteiger partial charge in [0.15, 0.2) is 0 Å². The topological polar surface area (TPSA) is 57.3 Å². The van der Waals surface area contributed by atoms with Crippen molar-refractivity contribution < 1.29 is 9.13 Å². The lowest BCUT2D eigenvalue weighted by Crippen LogP contribution is -2.54. The molecule has 0 bridgehead atoms. The summed E-state index contributed by atoms with van der Waals surface area (Å²) in [5.74, 6) is 0. The summed E-state index contributed by atoms with van der Waals surface area (Å²) in [7, 11) is 0. The quantitative estimate of drug-likeness (QED) is 0.513. The molecule has 7 heteroatoms. The number of aromatic nitrogens is 3. The molecule has 0 radical (unpaired) electrons. The number of alkyl halides is 1. The van der Waals surface area contributed by atoms with Gasteiger partial charge in [0, 0.05) is 60.2 Å². The second-order valence-corrected chi connectivity index (χ2v) is 10.6. The second-order valence-electron chi connectivity index (χ2n) is 10.6. The molecule has 0 spiro atoms. The fourth-order valence-electron chi connectivity index (χ4n) is 5.39. The molecule has 0 saturated carbocycles. The van der Waals surface area contributed by atoms with Crippen LogP contribution in [0.4, 0.5) is 4.39 Å². The number of hydrogen-bond acceptors (Lipinski definition) is 5. The minimum absolute atomic E-state index is 0.136. The van der Waals surface area contributed by atoms with Gasteiger partial charge in [-0.2, -0.15) is 0 Å². The van der Waals surface area contributed by atoms with Gasteiger partial charge in [-0.15, -0.1) is 0 Å².